The van der Waals surface area contributed by atoms with E-state index < -0.39 is 18.0 Å². The van der Waals surface area contributed by atoms with Crippen LogP contribution in [0.3, 0.4) is 0 Å². The third-order valence-electron chi connectivity index (χ3n) is 3.13. The Morgan fingerprint density at radius 1 is 1.45 bits per heavy atom. The van der Waals surface area contributed by atoms with Gasteiger partial charge in [0, 0.05) is 24.7 Å². The minimum absolute atomic E-state index is 0.141. The van der Waals surface area contributed by atoms with E-state index in [0.29, 0.717) is 19.0 Å². The molecule has 0 spiro atoms. The summed E-state index contributed by atoms with van der Waals surface area (Å²) in [5.41, 5.74) is 0.782. The Labute approximate surface area is 127 Å². The van der Waals surface area contributed by atoms with E-state index in [2.05, 4.69) is 20.9 Å². The fourth-order valence-corrected chi connectivity index (χ4v) is 2.05. The van der Waals surface area contributed by atoms with Gasteiger partial charge in [0.2, 0.25) is 11.8 Å². The average Bonchev–Trinajstić information content (AvgIpc) is 2.82. The normalized spacial score (nSPS) is 16.9. The molecule has 8 nitrogen and oxygen atoms in total. The molecule has 1 atom stereocenters. The van der Waals surface area contributed by atoms with Gasteiger partial charge >= 0.3 is 6.03 Å². The fraction of sp³-hybridized carbons (Fsp3) is 0.429. The zero-order valence-corrected chi connectivity index (χ0v) is 12.2. The number of nitrogens with zero attached hydrogens (tertiary/aromatic N) is 1. The Balaban J connectivity index is 1.78. The molecule has 2 heterocycles. The fourth-order valence-electron chi connectivity index (χ4n) is 2.05. The van der Waals surface area contributed by atoms with Gasteiger partial charge < -0.3 is 15.4 Å². The van der Waals surface area contributed by atoms with E-state index in [-0.39, 0.29) is 18.7 Å². The molecule has 0 bridgehead atoms. The van der Waals surface area contributed by atoms with Gasteiger partial charge in [0.25, 0.3) is 5.91 Å². The first-order valence-electron chi connectivity index (χ1n) is 7.05. The predicted octanol–water partition coefficient (Wildman–Crippen LogP) is 0.0847. The van der Waals surface area contributed by atoms with Crippen LogP contribution < -0.4 is 20.7 Å². The molecular weight excluding hydrogens is 288 g/mol. The first kappa shape index (κ1) is 15.7. The summed E-state index contributed by atoms with van der Waals surface area (Å²) >= 11 is 0. The number of ether oxygens (including phenoxy) is 1. The van der Waals surface area contributed by atoms with Crippen molar-refractivity contribution in [3.8, 4) is 5.88 Å². The number of hydrogen-bond donors (Lipinski definition) is 3. The van der Waals surface area contributed by atoms with Gasteiger partial charge in [-0.05, 0) is 19.4 Å². The van der Waals surface area contributed by atoms with Crippen molar-refractivity contribution >= 4 is 17.8 Å². The van der Waals surface area contributed by atoms with Crippen molar-refractivity contribution in [2.24, 2.45) is 0 Å². The van der Waals surface area contributed by atoms with Crippen molar-refractivity contribution in [3.63, 3.8) is 0 Å². The highest BCUT2D eigenvalue weighted by molar-refractivity contribution is 6.04. The number of pyridine rings is 1. The van der Waals surface area contributed by atoms with Crippen LogP contribution in [0, 0.1) is 0 Å². The van der Waals surface area contributed by atoms with Crippen LogP contribution in [-0.2, 0) is 16.1 Å². The van der Waals surface area contributed by atoms with Crippen LogP contribution in [0.2, 0.25) is 0 Å². The first-order valence-corrected chi connectivity index (χ1v) is 7.05. The van der Waals surface area contributed by atoms with E-state index in [4.69, 9.17) is 4.74 Å². The third kappa shape index (κ3) is 4.18. The highest BCUT2D eigenvalue weighted by Crippen LogP contribution is 2.13. The van der Waals surface area contributed by atoms with Crippen molar-refractivity contribution < 1.29 is 19.1 Å². The lowest BCUT2D eigenvalue weighted by molar-refractivity contribution is -0.122. The number of amides is 4. The number of carbonyl (C=O) groups is 3. The number of hydrogen-bond acceptors (Lipinski definition) is 5. The summed E-state index contributed by atoms with van der Waals surface area (Å²) in [6, 6.07) is 2.42. The highest BCUT2D eigenvalue weighted by Gasteiger charge is 2.29. The van der Waals surface area contributed by atoms with E-state index in [9.17, 15) is 14.4 Å². The lowest BCUT2D eigenvalue weighted by Crippen LogP contribution is -2.31. The molecule has 1 aliphatic heterocycles. The number of aromatic nitrogens is 1. The molecule has 0 unspecified atom stereocenters. The lowest BCUT2D eigenvalue weighted by atomic mass is 10.1. The molecule has 0 aromatic carbocycles. The van der Waals surface area contributed by atoms with Gasteiger partial charge in [-0.25, -0.2) is 9.78 Å². The monoisotopic (exact) mass is 306 g/mol. The third-order valence-corrected chi connectivity index (χ3v) is 3.13. The van der Waals surface area contributed by atoms with E-state index in [1.54, 1.807) is 12.3 Å². The van der Waals surface area contributed by atoms with Gasteiger partial charge in [-0.2, -0.15) is 0 Å². The van der Waals surface area contributed by atoms with Crippen LogP contribution in [-0.4, -0.2) is 35.5 Å². The second-order valence-corrected chi connectivity index (χ2v) is 4.73. The Hall–Kier alpha value is -2.64. The Bertz CT molecular complexity index is 576. The van der Waals surface area contributed by atoms with Crippen LogP contribution in [0.5, 0.6) is 5.88 Å². The standard InChI is InChI=1S/C14H18N4O4/c1-2-22-13-9(4-3-7-15-13)8-16-11(19)6-5-10-12(20)18-14(21)17-10/h3-4,7,10H,2,5-6,8H2,1H3,(H,16,19)(H2,17,18,20,21)/t10-/m0/s1. The summed E-state index contributed by atoms with van der Waals surface area (Å²) in [7, 11) is 0. The molecule has 1 aliphatic rings. The second-order valence-electron chi connectivity index (χ2n) is 4.73. The molecule has 2 rings (SSSR count). The molecule has 0 radical (unpaired) electrons. The van der Waals surface area contributed by atoms with Gasteiger partial charge in [0.05, 0.1) is 6.61 Å². The van der Waals surface area contributed by atoms with Gasteiger partial charge in [-0.3, -0.25) is 14.9 Å². The van der Waals surface area contributed by atoms with Gasteiger partial charge in [-0.15, -0.1) is 0 Å². The van der Waals surface area contributed by atoms with Gasteiger partial charge in [0.15, 0.2) is 0 Å². The summed E-state index contributed by atoms with van der Waals surface area (Å²) in [5.74, 6) is -0.114. The molecule has 1 aromatic rings. The molecule has 0 aliphatic carbocycles. The smallest absolute Gasteiger partial charge is 0.322 e. The minimum atomic E-state index is -0.643. The molecule has 1 saturated heterocycles. The summed E-state index contributed by atoms with van der Waals surface area (Å²) < 4.78 is 5.37. The molecule has 22 heavy (non-hydrogen) atoms. The van der Waals surface area contributed by atoms with Crippen LogP contribution in [0.4, 0.5) is 4.79 Å². The minimum Gasteiger partial charge on any atom is -0.478 e. The van der Waals surface area contributed by atoms with Crippen LogP contribution in [0.1, 0.15) is 25.3 Å². The summed E-state index contributed by atoms with van der Waals surface area (Å²) in [6.07, 6.45) is 2.02. The largest absolute Gasteiger partial charge is 0.478 e. The quantitative estimate of drug-likeness (QED) is 0.618. The molecule has 118 valence electrons. The number of urea groups is 1. The SMILES string of the molecule is CCOc1ncccc1CNC(=O)CC[C@@H]1NC(=O)NC1=O. The Morgan fingerprint density at radius 3 is 2.95 bits per heavy atom. The molecule has 8 heteroatoms. The summed E-state index contributed by atoms with van der Waals surface area (Å²) in [4.78, 5) is 38.2. The zero-order chi connectivity index (χ0) is 15.9. The summed E-state index contributed by atoms with van der Waals surface area (Å²) in [6.45, 7) is 2.65. The lowest BCUT2D eigenvalue weighted by Gasteiger charge is -2.10. The van der Waals surface area contributed by atoms with Gasteiger partial charge in [0.1, 0.15) is 6.04 Å². The van der Waals surface area contributed by atoms with Crippen molar-refractivity contribution in [3.05, 3.63) is 23.9 Å². The van der Waals surface area contributed by atoms with E-state index in [0.717, 1.165) is 5.56 Å². The average molecular weight is 306 g/mol. The highest BCUT2D eigenvalue weighted by atomic mass is 16.5. The Kier molecular flexibility index (Phi) is 5.29. The maximum absolute atomic E-state index is 11.8. The van der Waals surface area contributed by atoms with Crippen LogP contribution in [0.25, 0.3) is 0 Å². The predicted molar refractivity (Wildman–Crippen MR) is 76.9 cm³/mol. The molecule has 3 N–H and O–H groups in total. The zero-order valence-electron chi connectivity index (χ0n) is 12.2. The Morgan fingerprint density at radius 2 is 2.27 bits per heavy atom. The first-order chi connectivity index (χ1) is 10.6. The number of carbonyl (C=O) groups excluding carboxylic acids is 3. The molecular formula is C14H18N4O4. The number of imide groups is 1. The maximum Gasteiger partial charge on any atom is 0.322 e. The van der Waals surface area contributed by atoms with Crippen molar-refractivity contribution in [2.75, 3.05) is 6.61 Å². The van der Waals surface area contributed by atoms with Crippen molar-refractivity contribution in [1.29, 1.82) is 0 Å². The number of rotatable bonds is 7. The van der Waals surface area contributed by atoms with Crippen molar-refractivity contribution in [1.82, 2.24) is 20.9 Å². The molecule has 1 fully saturated rings. The summed E-state index contributed by atoms with van der Waals surface area (Å²) in [5, 5.41) is 7.32. The van der Waals surface area contributed by atoms with Gasteiger partial charge in [-0.1, -0.05) is 6.07 Å². The number of nitrogens with one attached hydrogen (secondary N) is 3. The van der Waals surface area contributed by atoms with Crippen molar-refractivity contribution in [2.45, 2.75) is 32.4 Å². The van der Waals surface area contributed by atoms with E-state index in [1.165, 1.54) is 0 Å². The molecule has 0 saturated carbocycles. The van der Waals surface area contributed by atoms with Crippen LogP contribution in [0.15, 0.2) is 18.3 Å². The molecule has 4 amide bonds. The topological polar surface area (TPSA) is 109 Å². The van der Waals surface area contributed by atoms with E-state index >= 15 is 0 Å². The maximum atomic E-state index is 11.8. The molecule has 1 aromatic heterocycles. The van der Waals surface area contributed by atoms with Crippen LogP contribution >= 0.6 is 0 Å². The second kappa shape index (κ2) is 7.39. The van der Waals surface area contributed by atoms with E-state index in [1.807, 2.05) is 13.0 Å².